The molecule has 0 spiro atoms. The summed E-state index contributed by atoms with van der Waals surface area (Å²) in [5, 5.41) is 9.06. The Labute approximate surface area is 119 Å². The number of aliphatic carboxylic acids is 1. The number of hydrogen-bond donors (Lipinski definition) is 1. The molecule has 108 valence electrons. The van der Waals surface area contributed by atoms with Gasteiger partial charge in [-0.2, -0.15) is 0 Å². The molecule has 0 amide bonds. The summed E-state index contributed by atoms with van der Waals surface area (Å²) in [5.41, 5.74) is 1.09. The van der Waals surface area contributed by atoms with Crippen LogP contribution < -0.4 is 4.90 Å². The molecule has 2 heterocycles. The van der Waals surface area contributed by atoms with E-state index in [-0.39, 0.29) is 5.92 Å². The molecule has 0 radical (unpaired) electrons. The van der Waals surface area contributed by atoms with Crippen molar-refractivity contribution in [2.45, 2.75) is 44.9 Å². The number of carbonyl (C=O) groups is 1. The van der Waals surface area contributed by atoms with Gasteiger partial charge in [-0.1, -0.05) is 6.92 Å². The van der Waals surface area contributed by atoms with Gasteiger partial charge in [0, 0.05) is 30.8 Å². The number of hydrogen-bond acceptors (Lipinski definition) is 4. The van der Waals surface area contributed by atoms with E-state index in [2.05, 4.69) is 22.9 Å². The molecule has 1 saturated carbocycles. The molecule has 3 rings (SSSR count). The summed E-state index contributed by atoms with van der Waals surface area (Å²) in [4.78, 5) is 22.5. The van der Waals surface area contributed by atoms with E-state index in [4.69, 9.17) is 10.1 Å². The van der Waals surface area contributed by atoms with E-state index in [9.17, 15) is 4.79 Å². The van der Waals surface area contributed by atoms with Crippen molar-refractivity contribution in [3.8, 4) is 0 Å². The molecule has 1 aliphatic carbocycles. The summed E-state index contributed by atoms with van der Waals surface area (Å²) >= 11 is 0. The molecule has 1 aromatic heterocycles. The first-order valence-electron chi connectivity index (χ1n) is 7.53. The Morgan fingerprint density at radius 3 is 2.55 bits per heavy atom. The van der Waals surface area contributed by atoms with Crippen molar-refractivity contribution in [3.05, 3.63) is 17.6 Å². The highest BCUT2D eigenvalue weighted by molar-refractivity contribution is 5.70. The maximum absolute atomic E-state index is 11.0. The number of carboxylic acid groups (broad SMARTS) is 1. The number of rotatable bonds is 4. The van der Waals surface area contributed by atoms with E-state index in [1.165, 1.54) is 12.8 Å². The lowest BCUT2D eigenvalue weighted by Gasteiger charge is -2.31. The van der Waals surface area contributed by atoms with Crippen molar-refractivity contribution in [1.82, 2.24) is 9.97 Å². The maximum Gasteiger partial charge on any atom is 0.306 e. The molecule has 5 nitrogen and oxygen atoms in total. The van der Waals surface area contributed by atoms with Crippen LogP contribution in [0.1, 0.15) is 50.0 Å². The minimum Gasteiger partial charge on any atom is -0.481 e. The second-order valence-corrected chi connectivity index (χ2v) is 5.80. The third-order valence-corrected chi connectivity index (χ3v) is 4.26. The molecule has 20 heavy (non-hydrogen) atoms. The summed E-state index contributed by atoms with van der Waals surface area (Å²) in [5.74, 6) is 1.67. The third-order valence-electron chi connectivity index (χ3n) is 4.26. The smallest absolute Gasteiger partial charge is 0.306 e. The van der Waals surface area contributed by atoms with E-state index >= 15 is 0 Å². The van der Waals surface area contributed by atoms with Gasteiger partial charge < -0.3 is 10.0 Å². The molecule has 2 fully saturated rings. The number of anilines is 1. The lowest BCUT2D eigenvalue weighted by molar-refractivity contribution is -0.142. The number of aryl methyl sites for hydroxylation is 1. The molecule has 2 aliphatic rings. The lowest BCUT2D eigenvalue weighted by Crippen LogP contribution is -2.37. The lowest BCUT2D eigenvalue weighted by atomic mass is 9.97. The normalized spacial score (nSPS) is 20.1. The van der Waals surface area contributed by atoms with Crippen molar-refractivity contribution >= 4 is 11.8 Å². The van der Waals surface area contributed by atoms with Crippen molar-refractivity contribution < 1.29 is 9.90 Å². The Kier molecular flexibility index (Phi) is 3.59. The fraction of sp³-hybridized carbons (Fsp3) is 0.667. The third kappa shape index (κ3) is 2.76. The molecule has 0 atom stereocenters. The Bertz CT molecular complexity index is 506. The molecular weight excluding hydrogens is 254 g/mol. The zero-order valence-corrected chi connectivity index (χ0v) is 11.9. The second-order valence-electron chi connectivity index (χ2n) is 5.80. The average molecular weight is 275 g/mol. The van der Waals surface area contributed by atoms with E-state index in [0.717, 1.165) is 36.8 Å². The van der Waals surface area contributed by atoms with Crippen molar-refractivity contribution in [2.75, 3.05) is 18.0 Å². The topological polar surface area (TPSA) is 66.3 Å². The Hall–Kier alpha value is -1.65. The average Bonchev–Trinajstić information content (AvgIpc) is 3.31. The number of piperidine rings is 1. The van der Waals surface area contributed by atoms with Gasteiger partial charge in [0.1, 0.15) is 11.6 Å². The zero-order valence-electron chi connectivity index (χ0n) is 11.9. The SMILES string of the molecule is CCc1cc(N2CCC(C(=O)O)CC2)nc(C2CC2)n1. The Balaban J connectivity index is 1.76. The van der Waals surface area contributed by atoms with Crippen LogP contribution in [0.15, 0.2) is 6.07 Å². The largest absolute Gasteiger partial charge is 0.481 e. The number of aromatic nitrogens is 2. The van der Waals surface area contributed by atoms with Crippen LogP contribution in [0.3, 0.4) is 0 Å². The highest BCUT2D eigenvalue weighted by atomic mass is 16.4. The van der Waals surface area contributed by atoms with Crippen LogP contribution in [0.25, 0.3) is 0 Å². The second kappa shape index (κ2) is 5.38. The van der Waals surface area contributed by atoms with Crippen molar-refractivity contribution in [2.24, 2.45) is 5.92 Å². The minimum absolute atomic E-state index is 0.193. The van der Waals surface area contributed by atoms with Gasteiger partial charge in [0.05, 0.1) is 5.92 Å². The van der Waals surface area contributed by atoms with E-state index in [0.29, 0.717) is 18.8 Å². The van der Waals surface area contributed by atoms with E-state index in [1.807, 2.05) is 0 Å². The van der Waals surface area contributed by atoms with Gasteiger partial charge in [-0.3, -0.25) is 4.79 Å². The van der Waals surface area contributed by atoms with E-state index in [1.54, 1.807) is 0 Å². The van der Waals surface area contributed by atoms with Gasteiger partial charge in [0.2, 0.25) is 0 Å². The van der Waals surface area contributed by atoms with Gasteiger partial charge in [0.25, 0.3) is 0 Å². The van der Waals surface area contributed by atoms with Crippen molar-refractivity contribution in [1.29, 1.82) is 0 Å². The molecule has 1 saturated heterocycles. The quantitative estimate of drug-likeness (QED) is 0.912. The van der Waals surface area contributed by atoms with Crippen LogP contribution in [-0.4, -0.2) is 34.1 Å². The van der Waals surface area contributed by atoms with Crippen LogP contribution in [0.5, 0.6) is 0 Å². The summed E-state index contributed by atoms with van der Waals surface area (Å²) < 4.78 is 0. The van der Waals surface area contributed by atoms with Crippen LogP contribution >= 0.6 is 0 Å². The predicted octanol–water partition coefficient (Wildman–Crippen LogP) is 2.22. The van der Waals surface area contributed by atoms with Crippen LogP contribution in [0.4, 0.5) is 5.82 Å². The maximum atomic E-state index is 11.0. The van der Waals surface area contributed by atoms with Crippen LogP contribution in [0.2, 0.25) is 0 Å². The number of nitrogens with zero attached hydrogens (tertiary/aromatic N) is 3. The first kappa shape index (κ1) is 13.3. The van der Waals surface area contributed by atoms with Crippen molar-refractivity contribution in [3.63, 3.8) is 0 Å². The summed E-state index contributed by atoms with van der Waals surface area (Å²) in [6, 6.07) is 2.06. The molecule has 0 unspecified atom stereocenters. The molecule has 5 heteroatoms. The highest BCUT2D eigenvalue weighted by Gasteiger charge is 2.29. The Morgan fingerprint density at radius 1 is 1.30 bits per heavy atom. The Morgan fingerprint density at radius 2 is 2.00 bits per heavy atom. The molecule has 1 N–H and O–H groups in total. The molecular formula is C15H21N3O2. The standard InChI is InChI=1S/C15H21N3O2/c1-2-12-9-13(17-14(16-12)10-3-4-10)18-7-5-11(6-8-18)15(19)20/h9-11H,2-8H2,1H3,(H,19,20). The van der Waals surface area contributed by atoms with Gasteiger partial charge in [0.15, 0.2) is 0 Å². The molecule has 1 aromatic rings. The van der Waals surface area contributed by atoms with Crippen LogP contribution in [0, 0.1) is 5.92 Å². The summed E-state index contributed by atoms with van der Waals surface area (Å²) in [7, 11) is 0. The zero-order chi connectivity index (χ0) is 14.1. The molecule has 1 aliphatic heterocycles. The number of carboxylic acids is 1. The van der Waals surface area contributed by atoms with Gasteiger partial charge in [-0.15, -0.1) is 0 Å². The fourth-order valence-corrected chi connectivity index (χ4v) is 2.73. The minimum atomic E-state index is -0.666. The first-order chi connectivity index (χ1) is 9.67. The van der Waals surface area contributed by atoms with E-state index < -0.39 is 5.97 Å². The predicted molar refractivity (Wildman–Crippen MR) is 76.0 cm³/mol. The highest BCUT2D eigenvalue weighted by Crippen LogP contribution is 2.39. The van der Waals surface area contributed by atoms with Gasteiger partial charge in [-0.25, -0.2) is 9.97 Å². The molecule has 0 bridgehead atoms. The monoisotopic (exact) mass is 275 g/mol. The van der Waals surface area contributed by atoms with Gasteiger partial charge >= 0.3 is 5.97 Å². The summed E-state index contributed by atoms with van der Waals surface area (Å²) in [6.45, 7) is 3.67. The summed E-state index contributed by atoms with van der Waals surface area (Å²) in [6.07, 6.45) is 4.74. The van der Waals surface area contributed by atoms with Crippen LogP contribution in [-0.2, 0) is 11.2 Å². The van der Waals surface area contributed by atoms with Gasteiger partial charge in [-0.05, 0) is 32.1 Å². The first-order valence-corrected chi connectivity index (χ1v) is 7.53. The fourth-order valence-electron chi connectivity index (χ4n) is 2.73. The molecule has 0 aromatic carbocycles.